The zero-order chi connectivity index (χ0) is 11.1. The van der Waals surface area contributed by atoms with E-state index >= 15 is 0 Å². The third-order valence-corrected chi connectivity index (χ3v) is 2.67. The molecule has 0 spiro atoms. The van der Waals surface area contributed by atoms with E-state index in [1.165, 1.54) is 6.07 Å². The highest BCUT2D eigenvalue weighted by Crippen LogP contribution is 2.30. The molecule has 1 unspecified atom stereocenters. The van der Waals surface area contributed by atoms with Gasteiger partial charge in [0.15, 0.2) is 0 Å². The monoisotopic (exact) mass is 209 g/mol. The van der Waals surface area contributed by atoms with Gasteiger partial charge in [-0.2, -0.15) is 0 Å². The molecule has 0 aliphatic carbocycles. The van der Waals surface area contributed by atoms with Crippen LogP contribution in [0, 0.1) is 5.82 Å². The Labute approximate surface area is 89.1 Å². The molecule has 0 bridgehead atoms. The minimum atomic E-state index is -0.712. The Bertz CT molecular complexity index is 370. The van der Waals surface area contributed by atoms with Gasteiger partial charge in [0.05, 0.1) is 5.60 Å². The maximum atomic E-state index is 13.4. The SMILES string of the molecule is CC(C)(O)CC1Cc2c(F)cccc2N1. The molecule has 1 aliphatic rings. The van der Waals surface area contributed by atoms with Gasteiger partial charge in [0.2, 0.25) is 0 Å². The summed E-state index contributed by atoms with van der Waals surface area (Å²) < 4.78 is 13.4. The van der Waals surface area contributed by atoms with Crippen LogP contribution in [0.15, 0.2) is 18.2 Å². The highest BCUT2D eigenvalue weighted by atomic mass is 19.1. The number of aliphatic hydroxyl groups is 1. The molecule has 1 aromatic rings. The molecule has 0 radical (unpaired) electrons. The summed E-state index contributed by atoms with van der Waals surface area (Å²) in [5.41, 5.74) is 0.895. The Kier molecular flexibility index (Phi) is 2.43. The Hall–Kier alpha value is -1.09. The van der Waals surface area contributed by atoms with Crippen molar-refractivity contribution in [3.8, 4) is 0 Å². The van der Waals surface area contributed by atoms with Crippen molar-refractivity contribution in [1.29, 1.82) is 0 Å². The Morgan fingerprint density at radius 2 is 2.27 bits per heavy atom. The highest BCUT2D eigenvalue weighted by Gasteiger charge is 2.27. The third-order valence-electron chi connectivity index (χ3n) is 2.67. The summed E-state index contributed by atoms with van der Waals surface area (Å²) in [7, 11) is 0. The van der Waals surface area contributed by atoms with E-state index in [9.17, 15) is 9.50 Å². The number of benzene rings is 1. The summed E-state index contributed by atoms with van der Waals surface area (Å²) in [6, 6.07) is 5.19. The van der Waals surface area contributed by atoms with Crippen molar-refractivity contribution in [2.45, 2.75) is 38.3 Å². The number of rotatable bonds is 2. The van der Waals surface area contributed by atoms with Gasteiger partial charge in [0, 0.05) is 17.3 Å². The number of hydrogen-bond donors (Lipinski definition) is 2. The van der Waals surface area contributed by atoms with E-state index in [1.54, 1.807) is 19.9 Å². The first-order chi connectivity index (χ1) is 6.96. The van der Waals surface area contributed by atoms with E-state index in [2.05, 4.69) is 5.32 Å². The van der Waals surface area contributed by atoms with E-state index in [1.807, 2.05) is 6.07 Å². The first kappa shape index (κ1) is 10.4. The topological polar surface area (TPSA) is 32.3 Å². The Morgan fingerprint density at radius 1 is 1.53 bits per heavy atom. The van der Waals surface area contributed by atoms with Gasteiger partial charge in [-0.25, -0.2) is 4.39 Å². The predicted octanol–water partition coefficient (Wildman–Crippen LogP) is 2.32. The zero-order valence-electron chi connectivity index (χ0n) is 9.05. The minimum Gasteiger partial charge on any atom is -0.390 e. The lowest BCUT2D eigenvalue weighted by molar-refractivity contribution is 0.0662. The molecule has 1 aliphatic heterocycles. The molecule has 0 saturated carbocycles. The largest absolute Gasteiger partial charge is 0.390 e. The summed E-state index contributed by atoms with van der Waals surface area (Å²) >= 11 is 0. The smallest absolute Gasteiger partial charge is 0.128 e. The number of hydrogen-bond acceptors (Lipinski definition) is 2. The van der Waals surface area contributed by atoms with Crippen LogP contribution in [-0.2, 0) is 6.42 Å². The molecule has 0 fully saturated rings. The lowest BCUT2D eigenvalue weighted by atomic mass is 9.97. The molecule has 82 valence electrons. The maximum Gasteiger partial charge on any atom is 0.128 e. The summed E-state index contributed by atoms with van der Waals surface area (Å²) in [4.78, 5) is 0. The molecular formula is C12H16FNO. The van der Waals surface area contributed by atoms with Gasteiger partial charge in [-0.1, -0.05) is 6.07 Å². The van der Waals surface area contributed by atoms with Crippen molar-refractivity contribution in [2.75, 3.05) is 5.32 Å². The summed E-state index contributed by atoms with van der Waals surface area (Å²) in [5.74, 6) is -0.154. The van der Waals surface area contributed by atoms with Gasteiger partial charge in [-0.15, -0.1) is 0 Å². The number of halogens is 1. The first-order valence-electron chi connectivity index (χ1n) is 5.22. The van der Waals surface area contributed by atoms with Crippen LogP contribution in [0.2, 0.25) is 0 Å². The van der Waals surface area contributed by atoms with E-state index in [4.69, 9.17) is 0 Å². The number of fused-ring (bicyclic) bond motifs is 1. The normalized spacial score (nSPS) is 19.9. The van der Waals surface area contributed by atoms with Gasteiger partial charge >= 0.3 is 0 Å². The summed E-state index contributed by atoms with van der Waals surface area (Å²) in [5, 5.41) is 12.9. The van der Waals surface area contributed by atoms with Gasteiger partial charge in [0.1, 0.15) is 5.82 Å². The second kappa shape index (κ2) is 3.49. The molecule has 0 amide bonds. The fourth-order valence-electron chi connectivity index (χ4n) is 2.14. The minimum absolute atomic E-state index is 0.136. The van der Waals surface area contributed by atoms with Crippen LogP contribution in [0.4, 0.5) is 10.1 Å². The van der Waals surface area contributed by atoms with Crippen molar-refractivity contribution in [3.05, 3.63) is 29.6 Å². The Balaban J connectivity index is 2.13. The molecule has 3 heteroatoms. The fraction of sp³-hybridized carbons (Fsp3) is 0.500. The molecule has 1 aromatic carbocycles. The second-order valence-electron chi connectivity index (χ2n) is 4.83. The van der Waals surface area contributed by atoms with E-state index < -0.39 is 5.60 Å². The molecule has 2 nitrogen and oxygen atoms in total. The standard InChI is InChI=1S/C12H16FNO/c1-12(2,15)7-8-6-9-10(13)4-3-5-11(9)14-8/h3-5,8,14-15H,6-7H2,1-2H3. The van der Waals surface area contributed by atoms with Crippen LogP contribution in [0.5, 0.6) is 0 Å². The summed E-state index contributed by atoms with van der Waals surface area (Å²) in [6.45, 7) is 3.54. The molecule has 2 rings (SSSR count). The second-order valence-corrected chi connectivity index (χ2v) is 4.83. The molecule has 0 saturated heterocycles. The number of nitrogens with one attached hydrogen (secondary N) is 1. The predicted molar refractivity (Wildman–Crippen MR) is 58.4 cm³/mol. The molecular weight excluding hydrogens is 193 g/mol. The van der Waals surface area contributed by atoms with Crippen LogP contribution in [0.3, 0.4) is 0 Å². The van der Waals surface area contributed by atoms with E-state index in [0.717, 1.165) is 11.3 Å². The zero-order valence-corrected chi connectivity index (χ0v) is 9.05. The molecule has 1 atom stereocenters. The van der Waals surface area contributed by atoms with Crippen LogP contribution in [-0.4, -0.2) is 16.7 Å². The molecule has 2 N–H and O–H groups in total. The van der Waals surface area contributed by atoms with E-state index in [-0.39, 0.29) is 11.9 Å². The quantitative estimate of drug-likeness (QED) is 0.783. The van der Waals surface area contributed by atoms with Gasteiger partial charge in [-0.05, 0) is 38.8 Å². The highest BCUT2D eigenvalue weighted by molar-refractivity contribution is 5.57. The first-order valence-corrected chi connectivity index (χ1v) is 5.22. The van der Waals surface area contributed by atoms with Crippen LogP contribution in [0.1, 0.15) is 25.8 Å². The van der Waals surface area contributed by atoms with Gasteiger partial charge in [-0.3, -0.25) is 0 Å². The molecule has 1 heterocycles. The van der Waals surface area contributed by atoms with E-state index in [0.29, 0.717) is 12.8 Å². The van der Waals surface area contributed by atoms with Gasteiger partial charge in [0.25, 0.3) is 0 Å². The van der Waals surface area contributed by atoms with Crippen molar-refractivity contribution in [2.24, 2.45) is 0 Å². The third kappa shape index (κ3) is 2.29. The average Bonchev–Trinajstić information content (AvgIpc) is 2.45. The lowest BCUT2D eigenvalue weighted by Gasteiger charge is -2.22. The van der Waals surface area contributed by atoms with Crippen molar-refractivity contribution < 1.29 is 9.50 Å². The number of anilines is 1. The molecule has 0 aromatic heterocycles. The van der Waals surface area contributed by atoms with Gasteiger partial charge < -0.3 is 10.4 Å². The fourth-order valence-corrected chi connectivity index (χ4v) is 2.14. The maximum absolute atomic E-state index is 13.4. The summed E-state index contributed by atoms with van der Waals surface area (Å²) in [6.07, 6.45) is 1.28. The van der Waals surface area contributed by atoms with Crippen molar-refractivity contribution >= 4 is 5.69 Å². The van der Waals surface area contributed by atoms with Crippen LogP contribution in [0.25, 0.3) is 0 Å². The Morgan fingerprint density at radius 3 is 2.87 bits per heavy atom. The van der Waals surface area contributed by atoms with Crippen LogP contribution < -0.4 is 5.32 Å². The average molecular weight is 209 g/mol. The lowest BCUT2D eigenvalue weighted by Crippen LogP contribution is -2.29. The molecule has 15 heavy (non-hydrogen) atoms. The van der Waals surface area contributed by atoms with Crippen molar-refractivity contribution in [1.82, 2.24) is 0 Å². The van der Waals surface area contributed by atoms with Crippen molar-refractivity contribution in [3.63, 3.8) is 0 Å². The van der Waals surface area contributed by atoms with Crippen LogP contribution >= 0.6 is 0 Å².